The van der Waals surface area contributed by atoms with E-state index in [1.54, 1.807) is 18.3 Å². The van der Waals surface area contributed by atoms with Gasteiger partial charge in [0, 0.05) is 42.6 Å². The molecule has 4 rings (SSSR count). The molecule has 0 unspecified atom stereocenters. The van der Waals surface area contributed by atoms with E-state index < -0.39 is 0 Å². The van der Waals surface area contributed by atoms with Crippen molar-refractivity contribution < 1.29 is 4.39 Å². The van der Waals surface area contributed by atoms with E-state index in [1.165, 1.54) is 12.1 Å². The van der Waals surface area contributed by atoms with Gasteiger partial charge in [-0.2, -0.15) is 5.10 Å². The summed E-state index contributed by atoms with van der Waals surface area (Å²) in [5, 5.41) is 7.17. The summed E-state index contributed by atoms with van der Waals surface area (Å²) in [6, 6.07) is 6.35. The minimum Gasteiger partial charge on any atom is -0.310 e. The molecule has 0 aliphatic carbocycles. The van der Waals surface area contributed by atoms with Crippen molar-refractivity contribution >= 4 is 0 Å². The van der Waals surface area contributed by atoms with Crippen LogP contribution in [0.25, 0.3) is 11.3 Å². The summed E-state index contributed by atoms with van der Waals surface area (Å²) < 4.78 is 13.2. The zero-order valence-corrected chi connectivity index (χ0v) is 16.3. The first-order valence-electron chi connectivity index (χ1n) is 9.44. The van der Waals surface area contributed by atoms with Gasteiger partial charge in [-0.1, -0.05) is 20.8 Å². The lowest BCUT2D eigenvalue weighted by Gasteiger charge is -2.28. The molecule has 28 heavy (non-hydrogen) atoms. The molecule has 2 aromatic heterocycles. The van der Waals surface area contributed by atoms with Crippen LogP contribution < -0.4 is 5.56 Å². The predicted octanol–water partition coefficient (Wildman–Crippen LogP) is 3.15. The highest BCUT2D eigenvalue weighted by Crippen LogP contribution is 2.25. The third kappa shape index (κ3) is 3.62. The number of nitrogens with zero attached hydrogens (tertiary/aromatic N) is 3. The highest BCUT2D eigenvalue weighted by Gasteiger charge is 2.25. The lowest BCUT2D eigenvalue weighted by Crippen LogP contribution is -2.37. The lowest BCUT2D eigenvalue weighted by atomic mass is 9.95. The van der Waals surface area contributed by atoms with Gasteiger partial charge in [-0.25, -0.2) is 9.37 Å². The maximum atomic E-state index is 13.2. The average molecular weight is 381 g/mol. The number of benzene rings is 1. The Morgan fingerprint density at radius 2 is 1.96 bits per heavy atom. The second-order valence-electron chi connectivity index (χ2n) is 8.33. The number of halogens is 1. The van der Waals surface area contributed by atoms with Crippen molar-refractivity contribution in [2.75, 3.05) is 6.54 Å². The zero-order chi connectivity index (χ0) is 19.9. The highest BCUT2D eigenvalue weighted by molar-refractivity contribution is 5.62. The summed E-state index contributed by atoms with van der Waals surface area (Å²) in [6.45, 7) is 8.16. The first-order valence-corrected chi connectivity index (χ1v) is 9.44. The molecule has 6 nitrogen and oxygen atoms in total. The van der Waals surface area contributed by atoms with Crippen LogP contribution in [-0.2, 0) is 24.9 Å². The molecular weight excluding hydrogens is 357 g/mol. The second kappa shape index (κ2) is 6.98. The molecule has 146 valence electrons. The van der Waals surface area contributed by atoms with Crippen molar-refractivity contribution in [3.63, 3.8) is 0 Å². The fourth-order valence-corrected chi connectivity index (χ4v) is 3.51. The lowest BCUT2D eigenvalue weighted by molar-refractivity contribution is 0.241. The van der Waals surface area contributed by atoms with E-state index in [2.05, 4.69) is 20.1 Å². The normalized spacial score (nSPS) is 14.9. The minimum atomic E-state index is -0.265. The van der Waals surface area contributed by atoms with Crippen LogP contribution >= 0.6 is 0 Å². The fraction of sp³-hybridized carbons (Fsp3) is 0.381. The molecule has 0 spiro atoms. The van der Waals surface area contributed by atoms with Crippen LogP contribution in [0.4, 0.5) is 4.39 Å². The second-order valence-corrected chi connectivity index (χ2v) is 8.33. The summed E-state index contributed by atoms with van der Waals surface area (Å²) in [5.41, 5.74) is 4.19. The Labute approximate surface area is 162 Å². The molecule has 0 fully saturated rings. The van der Waals surface area contributed by atoms with Crippen LogP contribution in [0.3, 0.4) is 0 Å². The van der Waals surface area contributed by atoms with Crippen LogP contribution in [0.15, 0.2) is 35.3 Å². The summed E-state index contributed by atoms with van der Waals surface area (Å²) >= 11 is 0. The Hall–Kier alpha value is -2.80. The summed E-state index contributed by atoms with van der Waals surface area (Å²) in [7, 11) is 0. The van der Waals surface area contributed by atoms with Gasteiger partial charge in [0.2, 0.25) is 0 Å². The highest BCUT2D eigenvalue weighted by atomic mass is 19.1. The smallest absolute Gasteiger partial charge is 0.255 e. The van der Waals surface area contributed by atoms with Gasteiger partial charge in [-0.05, 0) is 24.3 Å². The molecular formula is C21H24FN5O. The fourth-order valence-electron chi connectivity index (χ4n) is 3.51. The van der Waals surface area contributed by atoms with E-state index in [0.29, 0.717) is 13.1 Å². The molecule has 3 aromatic rings. The zero-order valence-electron chi connectivity index (χ0n) is 16.3. The maximum absolute atomic E-state index is 13.2. The van der Waals surface area contributed by atoms with Gasteiger partial charge >= 0.3 is 0 Å². The van der Waals surface area contributed by atoms with Gasteiger partial charge in [0.1, 0.15) is 11.6 Å². The van der Waals surface area contributed by atoms with Crippen molar-refractivity contribution in [1.82, 2.24) is 25.1 Å². The molecule has 0 bridgehead atoms. The van der Waals surface area contributed by atoms with Gasteiger partial charge < -0.3 is 4.98 Å². The molecule has 1 aromatic carbocycles. The Bertz CT molecular complexity index is 1050. The molecule has 0 radical (unpaired) electrons. The van der Waals surface area contributed by atoms with E-state index >= 15 is 0 Å². The van der Waals surface area contributed by atoms with Gasteiger partial charge in [0.05, 0.1) is 23.1 Å². The van der Waals surface area contributed by atoms with Gasteiger partial charge in [-0.3, -0.25) is 14.8 Å². The number of nitrogens with one attached hydrogen (secondary N) is 2. The molecule has 1 aliphatic rings. The number of aromatic nitrogens is 4. The average Bonchev–Trinajstić information content (AvgIpc) is 3.10. The monoisotopic (exact) mass is 381 g/mol. The van der Waals surface area contributed by atoms with Crippen molar-refractivity contribution in [3.05, 3.63) is 69.3 Å². The van der Waals surface area contributed by atoms with Gasteiger partial charge in [-0.15, -0.1) is 0 Å². The summed E-state index contributed by atoms with van der Waals surface area (Å²) in [6.07, 6.45) is 2.53. The van der Waals surface area contributed by atoms with Gasteiger partial charge in [0.15, 0.2) is 0 Å². The number of rotatable bonds is 3. The maximum Gasteiger partial charge on any atom is 0.255 e. The van der Waals surface area contributed by atoms with E-state index in [9.17, 15) is 9.18 Å². The number of H-pyrrole nitrogens is 2. The molecule has 0 saturated carbocycles. The molecule has 2 N–H and O–H groups in total. The Morgan fingerprint density at radius 1 is 1.21 bits per heavy atom. The largest absolute Gasteiger partial charge is 0.310 e. The predicted molar refractivity (Wildman–Crippen MR) is 105 cm³/mol. The first-order chi connectivity index (χ1) is 13.3. The standard InChI is InChI=1S/C21H24FN5O/c1-21(2,3)20-24-17-8-9-27(12-16(17)19(28)25-20)11-14-10-23-26-18(14)13-4-6-15(22)7-5-13/h4-7,10H,8-9,11-12H2,1-3H3,(H,23,26)(H,24,25,28). The van der Waals surface area contributed by atoms with Crippen LogP contribution in [0, 0.1) is 5.82 Å². The molecule has 0 amide bonds. The number of aromatic amines is 2. The van der Waals surface area contributed by atoms with Crippen LogP contribution in [-0.4, -0.2) is 31.6 Å². The molecule has 0 atom stereocenters. The van der Waals surface area contributed by atoms with Crippen molar-refractivity contribution in [1.29, 1.82) is 0 Å². The molecule has 3 heterocycles. The summed E-state index contributed by atoms with van der Waals surface area (Å²) in [5.74, 6) is 0.469. The van der Waals surface area contributed by atoms with E-state index in [0.717, 1.165) is 46.9 Å². The topological polar surface area (TPSA) is 77.7 Å². The van der Waals surface area contributed by atoms with Crippen LogP contribution in [0.2, 0.25) is 0 Å². The Balaban J connectivity index is 1.56. The van der Waals surface area contributed by atoms with Crippen molar-refractivity contribution in [3.8, 4) is 11.3 Å². The third-order valence-electron chi connectivity index (χ3n) is 5.10. The van der Waals surface area contributed by atoms with Crippen LogP contribution in [0.1, 0.15) is 43.4 Å². The Morgan fingerprint density at radius 3 is 2.68 bits per heavy atom. The van der Waals surface area contributed by atoms with E-state index in [4.69, 9.17) is 4.98 Å². The number of fused-ring (bicyclic) bond motifs is 1. The SMILES string of the molecule is CC(C)(C)c1nc2c(c(=O)[nH]1)CN(Cc1cn[nH]c1-c1ccc(F)cc1)CC2. The Kier molecular flexibility index (Phi) is 4.63. The van der Waals surface area contributed by atoms with E-state index in [1.807, 2.05) is 20.8 Å². The quantitative estimate of drug-likeness (QED) is 0.731. The molecule has 1 aliphatic heterocycles. The van der Waals surface area contributed by atoms with Gasteiger partial charge in [0.25, 0.3) is 5.56 Å². The van der Waals surface area contributed by atoms with Crippen LogP contribution in [0.5, 0.6) is 0 Å². The minimum absolute atomic E-state index is 0.0504. The third-order valence-corrected chi connectivity index (χ3v) is 5.10. The van der Waals surface area contributed by atoms with Crippen molar-refractivity contribution in [2.45, 2.75) is 45.7 Å². The number of hydrogen-bond acceptors (Lipinski definition) is 4. The van der Waals surface area contributed by atoms with E-state index in [-0.39, 0.29) is 16.8 Å². The first kappa shape index (κ1) is 18.6. The number of hydrogen-bond donors (Lipinski definition) is 2. The molecule has 0 saturated heterocycles. The van der Waals surface area contributed by atoms with Crippen molar-refractivity contribution in [2.24, 2.45) is 0 Å². The molecule has 7 heteroatoms. The summed E-state index contributed by atoms with van der Waals surface area (Å²) in [4.78, 5) is 22.5.